The third-order valence-electron chi connectivity index (χ3n) is 2.81. The van der Waals surface area contributed by atoms with Crippen LogP contribution >= 0.6 is 0 Å². The summed E-state index contributed by atoms with van der Waals surface area (Å²) in [5.41, 5.74) is 0.821. The molecule has 0 unspecified atom stereocenters. The number of hydrogen-bond donors (Lipinski definition) is 2. The summed E-state index contributed by atoms with van der Waals surface area (Å²) in [6, 6.07) is 10.4. The summed E-state index contributed by atoms with van der Waals surface area (Å²) in [6.45, 7) is 3.75. The van der Waals surface area contributed by atoms with Gasteiger partial charge in [0.05, 0.1) is 0 Å². The lowest BCUT2D eigenvalue weighted by molar-refractivity contribution is 0.0936. The number of carbonyl (C=O) groups is 2. The van der Waals surface area contributed by atoms with Crippen LogP contribution in [-0.4, -0.2) is 27.6 Å². The van der Waals surface area contributed by atoms with E-state index in [-0.39, 0.29) is 23.6 Å². The summed E-state index contributed by atoms with van der Waals surface area (Å²) in [6.07, 6.45) is 0. The van der Waals surface area contributed by atoms with E-state index in [0.29, 0.717) is 11.4 Å². The molecule has 110 valence electrons. The van der Waals surface area contributed by atoms with Gasteiger partial charge in [-0.2, -0.15) is 5.10 Å². The molecular weight excluding hydrogens is 268 g/mol. The van der Waals surface area contributed by atoms with Crippen LogP contribution in [0.1, 0.15) is 34.7 Å². The second kappa shape index (κ2) is 6.21. The Morgan fingerprint density at radius 3 is 2.43 bits per heavy atom. The maximum atomic E-state index is 12.1. The van der Waals surface area contributed by atoms with Crippen LogP contribution in [0.25, 0.3) is 0 Å². The number of nitrogens with one attached hydrogen (secondary N) is 2. The van der Waals surface area contributed by atoms with E-state index in [1.54, 1.807) is 37.4 Å². The second-order valence-corrected chi connectivity index (χ2v) is 4.99. The Balaban J connectivity index is 2.13. The van der Waals surface area contributed by atoms with Gasteiger partial charge in [0.2, 0.25) is 0 Å². The van der Waals surface area contributed by atoms with Crippen molar-refractivity contribution in [3.63, 3.8) is 0 Å². The molecule has 2 rings (SSSR count). The van der Waals surface area contributed by atoms with E-state index in [9.17, 15) is 9.59 Å². The standard InChI is InChI=1S/C15H18N4O2/c1-10(2)16-15(21)12-9-13(19(3)18-12)17-14(20)11-7-5-4-6-8-11/h4-10H,1-3H3,(H,16,21)(H,17,20). The number of benzene rings is 1. The maximum absolute atomic E-state index is 12.1. The van der Waals surface area contributed by atoms with Crippen molar-refractivity contribution in [3.8, 4) is 0 Å². The van der Waals surface area contributed by atoms with Crippen LogP contribution in [0, 0.1) is 0 Å². The molecule has 2 N–H and O–H groups in total. The molecule has 0 fully saturated rings. The van der Waals surface area contributed by atoms with E-state index >= 15 is 0 Å². The topological polar surface area (TPSA) is 76.0 Å². The largest absolute Gasteiger partial charge is 0.348 e. The average molecular weight is 286 g/mol. The van der Waals surface area contributed by atoms with Crippen molar-refractivity contribution in [2.75, 3.05) is 5.32 Å². The molecule has 0 saturated carbocycles. The van der Waals surface area contributed by atoms with E-state index in [2.05, 4.69) is 15.7 Å². The Morgan fingerprint density at radius 1 is 1.14 bits per heavy atom. The lowest BCUT2D eigenvalue weighted by Gasteiger charge is -2.04. The minimum Gasteiger partial charge on any atom is -0.348 e. The van der Waals surface area contributed by atoms with E-state index < -0.39 is 0 Å². The van der Waals surface area contributed by atoms with Gasteiger partial charge in [-0.15, -0.1) is 0 Å². The summed E-state index contributed by atoms with van der Waals surface area (Å²) >= 11 is 0. The third kappa shape index (κ3) is 3.68. The SMILES string of the molecule is CC(C)NC(=O)c1cc(NC(=O)c2ccccc2)n(C)n1. The predicted molar refractivity (Wildman–Crippen MR) is 80.2 cm³/mol. The molecule has 2 amide bonds. The van der Waals surface area contributed by atoms with Crippen molar-refractivity contribution in [3.05, 3.63) is 47.7 Å². The molecule has 1 aromatic carbocycles. The van der Waals surface area contributed by atoms with Crippen LogP contribution in [-0.2, 0) is 7.05 Å². The molecule has 0 aliphatic rings. The molecule has 1 aromatic heterocycles. The van der Waals surface area contributed by atoms with Crippen molar-refractivity contribution in [2.24, 2.45) is 7.05 Å². The van der Waals surface area contributed by atoms with Crippen LogP contribution in [0.3, 0.4) is 0 Å². The van der Waals surface area contributed by atoms with E-state index in [4.69, 9.17) is 0 Å². The van der Waals surface area contributed by atoms with E-state index in [0.717, 1.165) is 0 Å². The highest BCUT2D eigenvalue weighted by atomic mass is 16.2. The number of aryl methyl sites for hydroxylation is 1. The quantitative estimate of drug-likeness (QED) is 0.900. The summed E-state index contributed by atoms with van der Waals surface area (Å²) in [4.78, 5) is 23.9. The number of hydrogen-bond acceptors (Lipinski definition) is 3. The van der Waals surface area contributed by atoms with Gasteiger partial charge in [0, 0.05) is 24.7 Å². The molecule has 0 spiro atoms. The van der Waals surface area contributed by atoms with Crippen LogP contribution in [0.4, 0.5) is 5.82 Å². The summed E-state index contributed by atoms with van der Waals surface area (Å²) < 4.78 is 1.47. The zero-order valence-corrected chi connectivity index (χ0v) is 12.3. The molecule has 1 heterocycles. The Hall–Kier alpha value is -2.63. The van der Waals surface area contributed by atoms with Gasteiger partial charge in [-0.25, -0.2) is 0 Å². The normalized spacial score (nSPS) is 10.5. The van der Waals surface area contributed by atoms with Gasteiger partial charge in [0.1, 0.15) is 5.82 Å². The first-order valence-corrected chi connectivity index (χ1v) is 6.68. The van der Waals surface area contributed by atoms with Gasteiger partial charge in [0.25, 0.3) is 11.8 Å². The van der Waals surface area contributed by atoms with Crippen LogP contribution in [0.15, 0.2) is 36.4 Å². The highest BCUT2D eigenvalue weighted by Crippen LogP contribution is 2.11. The first kappa shape index (κ1) is 14.8. The Kier molecular flexibility index (Phi) is 4.37. The highest BCUT2D eigenvalue weighted by Gasteiger charge is 2.15. The number of rotatable bonds is 4. The molecule has 0 bridgehead atoms. The summed E-state index contributed by atoms with van der Waals surface area (Å²) in [7, 11) is 1.67. The average Bonchev–Trinajstić information content (AvgIpc) is 2.80. The fourth-order valence-electron chi connectivity index (χ4n) is 1.81. The van der Waals surface area contributed by atoms with Gasteiger partial charge in [-0.05, 0) is 26.0 Å². The first-order chi connectivity index (χ1) is 9.97. The first-order valence-electron chi connectivity index (χ1n) is 6.68. The Bertz CT molecular complexity index is 647. The van der Waals surface area contributed by atoms with Crippen molar-refractivity contribution < 1.29 is 9.59 Å². The van der Waals surface area contributed by atoms with E-state index in [1.807, 2.05) is 19.9 Å². The maximum Gasteiger partial charge on any atom is 0.272 e. The molecular formula is C15H18N4O2. The Morgan fingerprint density at radius 2 is 1.81 bits per heavy atom. The molecule has 0 radical (unpaired) electrons. The van der Waals surface area contributed by atoms with Gasteiger partial charge in [0.15, 0.2) is 5.69 Å². The highest BCUT2D eigenvalue weighted by molar-refractivity contribution is 6.04. The summed E-state index contributed by atoms with van der Waals surface area (Å²) in [5, 5.41) is 9.59. The van der Waals surface area contributed by atoms with Crippen molar-refractivity contribution in [1.29, 1.82) is 0 Å². The predicted octanol–water partition coefficient (Wildman–Crippen LogP) is 1.81. The number of nitrogens with zero attached hydrogens (tertiary/aromatic N) is 2. The molecule has 6 heteroatoms. The minimum absolute atomic E-state index is 0.0295. The molecule has 2 aromatic rings. The van der Waals surface area contributed by atoms with Gasteiger partial charge in [-0.3, -0.25) is 14.3 Å². The second-order valence-electron chi connectivity index (χ2n) is 4.99. The summed E-state index contributed by atoms with van der Waals surface area (Å²) in [5.74, 6) is -0.0343. The van der Waals surface area contributed by atoms with Crippen molar-refractivity contribution in [1.82, 2.24) is 15.1 Å². The minimum atomic E-state index is -0.263. The zero-order chi connectivity index (χ0) is 15.4. The van der Waals surface area contributed by atoms with Crippen molar-refractivity contribution >= 4 is 17.6 Å². The molecule has 0 saturated heterocycles. The van der Waals surface area contributed by atoms with Gasteiger partial charge < -0.3 is 10.6 Å². The van der Waals surface area contributed by atoms with Gasteiger partial charge in [-0.1, -0.05) is 18.2 Å². The van der Waals surface area contributed by atoms with Crippen LogP contribution < -0.4 is 10.6 Å². The monoisotopic (exact) mass is 286 g/mol. The number of aromatic nitrogens is 2. The molecule has 21 heavy (non-hydrogen) atoms. The molecule has 6 nitrogen and oxygen atoms in total. The van der Waals surface area contributed by atoms with Crippen LogP contribution in [0.5, 0.6) is 0 Å². The van der Waals surface area contributed by atoms with Crippen molar-refractivity contribution in [2.45, 2.75) is 19.9 Å². The number of carbonyl (C=O) groups excluding carboxylic acids is 2. The number of anilines is 1. The molecule has 0 aliphatic heterocycles. The Labute approximate surface area is 123 Å². The molecule has 0 atom stereocenters. The molecule has 0 aliphatic carbocycles. The van der Waals surface area contributed by atoms with E-state index in [1.165, 1.54) is 4.68 Å². The zero-order valence-electron chi connectivity index (χ0n) is 12.3. The number of amides is 2. The van der Waals surface area contributed by atoms with Crippen LogP contribution in [0.2, 0.25) is 0 Å². The lowest BCUT2D eigenvalue weighted by atomic mass is 10.2. The third-order valence-corrected chi connectivity index (χ3v) is 2.81. The smallest absolute Gasteiger partial charge is 0.272 e. The fourth-order valence-corrected chi connectivity index (χ4v) is 1.81. The van der Waals surface area contributed by atoms with Gasteiger partial charge >= 0.3 is 0 Å². The fraction of sp³-hybridized carbons (Fsp3) is 0.267. The lowest BCUT2D eigenvalue weighted by Crippen LogP contribution is -2.30.